The maximum atomic E-state index is 8.60. The molecule has 1 aromatic heterocycles. The van der Waals surface area contributed by atoms with Crippen LogP contribution in [0.15, 0.2) is 36.5 Å². The number of rotatable bonds is 5. The van der Waals surface area contributed by atoms with Crippen LogP contribution in [0.3, 0.4) is 0 Å². The standard InChI is InChI=1S/C14H16N4/c1-2-18-14(8-10-17-18)11-16-13-5-3-12(4-6-13)7-9-15/h3-6,8,10,16H,2,7,11H2,1H3. The summed E-state index contributed by atoms with van der Waals surface area (Å²) in [6.45, 7) is 3.71. The molecule has 0 bridgehead atoms. The second-order valence-corrected chi connectivity index (χ2v) is 4.02. The second kappa shape index (κ2) is 5.87. The number of nitriles is 1. The van der Waals surface area contributed by atoms with E-state index in [1.807, 2.05) is 41.2 Å². The van der Waals surface area contributed by atoms with Gasteiger partial charge in [-0.1, -0.05) is 12.1 Å². The maximum absolute atomic E-state index is 8.60. The van der Waals surface area contributed by atoms with Crippen LogP contribution in [-0.2, 0) is 19.5 Å². The zero-order chi connectivity index (χ0) is 12.8. The van der Waals surface area contributed by atoms with E-state index in [2.05, 4.69) is 23.4 Å². The van der Waals surface area contributed by atoms with Crippen molar-refractivity contribution in [2.75, 3.05) is 5.32 Å². The number of aromatic nitrogens is 2. The molecule has 2 aromatic rings. The minimum absolute atomic E-state index is 0.461. The molecule has 4 nitrogen and oxygen atoms in total. The summed E-state index contributed by atoms with van der Waals surface area (Å²) in [5.74, 6) is 0. The first-order chi connectivity index (χ1) is 8.83. The summed E-state index contributed by atoms with van der Waals surface area (Å²) in [7, 11) is 0. The second-order valence-electron chi connectivity index (χ2n) is 4.02. The van der Waals surface area contributed by atoms with Crippen molar-refractivity contribution in [2.45, 2.75) is 26.4 Å². The molecule has 0 amide bonds. The average molecular weight is 240 g/mol. The van der Waals surface area contributed by atoms with Gasteiger partial charge in [-0.05, 0) is 30.7 Å². The van der Waals surface area contributed by atoms with Crippen LogP contribution in [0.2, 0.25) is 0 Å². The molecule has 0 saturated carbocycles. The van der Waals surface area contributed by atoms with E-state index >= 15 is 0 Å². The highest BCUT2D eigenvalue weighted by Gasteiger charge is 2.00. The SMILES string of the molecule is CCn1nccc1CNc1ccc(CC#N)cc1. The molecular formula is C14H16N4. The molecule has 0 saturated heterocycles. The molecule has 1 heterocycles. The minimum atomic E-state index is 0.461. The van der Waals surface area contributed by atoms with Crippen molar-refractivity contribution >= 4 is 5.69 Å². The van der Waals surface area contributed by atoms with Gasteiger partial charge in [0, 0.05) is 18.4 Å². The van der Waals surface area contributed by atoms with E-state index in [0.717, 1.165) is 24.3 Å². The molecule has 0 unspecified atom stereocenters. The van der Waals surface area contributed by atoms with Gasteiger partial charge in [-0.25, -0.2) is 0 Å². The van der Waals surface area contributed by atoms with Crippen LogP contribution in [0.25, 0.3) is 0 Å². The molecule has 0 fully saturated rings. The molecule has 4 heteroatoms. The van der Waals surface area contributed by atoms with E-state index in [1.54, 1.807) is 0 Å². The Kier molecular flexibility index (Phi) is 3.98. The highest BCUT2D eigenvalue weighted by molar-refractivity contribution is 5.45. The molecule has 18 heavy (non-hydrogen) atoms. The molecule has 1 N–H and O–H groups in total. The van der Waals surface area contributed by atoms with Crippen LogP contribution in [0.1, 0.15) is 18.2 Å². The van der Waals surface area contributed by atoms with Gasteiger partial charge in [0.2, 0.25) is 0 Å². The van der Waals surface area contributed by atoms with Crippen LogP contribution in [0.5, 0.6) is 0 Å². The Morgan fingerprint density at radius 1 is 1.28 bits per heavy atom. The van der Waals surface area contributed by atoms with E-state index in [4.69, 9.17) is 5.26 Å². The first-order valence-electron chi connectivity index (χ1n) is 6.04. The van der Waals surface area contributed by atoms with Gasteiger partial charge in [0.1, 0.15) is 0 Å². The summed E-state index contributed by atoms with van der Waals surface area (Å²) in [5.41, 5.74) is 3.26. The van der Waals surface area contributed by atoms with Crippen LogP contribution in [0.4, 0.5) is 5.69 Å². The number of nitrogens with one attached hydrogen (secondary N) is 1. The Hall–Kier alpha value is -2.28. The lowest BCUT2D eigenvalue weighted by Crippen LogP contribution is -2.07. The summed E-state index contributed by atoms with van der Waals surface area (Å²) in [6.07, 6.45) is 2.28. The summed E-state index contributed by atoms with van der Waals surface area (Å²) in [4.78, 5) is 0. The summed E-state index contributed by atoms with van der Waals surface area (Å²) < 4.78 is 1.97. The predicted octanol–water partition coefficient (Wildman–Crippen LogP) is 2.58. The van der Waals surface area contributed by atoms with Gasteiger partial charge in [0.25, 0.3) is 0 Å². The Bertz CT molecular complexity index is 534. The number of benzene rings is 1. The molecule has 2 rings (SSSR count). The molecule has 0 aliphatic rings. The van der Waals surface area contributed by atoms with Gasteiger partial charge in [0.15, 0.2) is 0 Å². The van der Waals surface area contributed by atoms with Crippen LogP contribution in [-0.4, -0.2) is 9.78 Å². The number of anilines is 1. The topological polar surface area (TPSA) is 53.6 Å². The highest BCUT2D eigenvalue weighted by atomic mass is 15.3. The third kappa shape index (κ3) is 2.89. The fourth-order valence-electron chi connectivity index (χ4n) is 1.82. The first-order valence-corrected chi connectivity index (χ1v) is 6.04. The van der Waals surface area contributed by atoms with Crippen molar-refractivity contribution in [3.05, 3.63) is 47.8 Å². The van der Waals surface area contributed by atoms with Gasteiger partial charge < -0.3 is 5.32 Å². The number of hydrogen-bond donors (Lipinski definition) is 1. The number of aryl methyl sites for hydroxylation is 1. The smallest absolute Gasteiger partial charge is 0.0669 e. The summed E-state index contributed by atoms with van der Waals surface area (Å²) in [5, 5.41) is 16.2. The maximum Gasteiger partial charge on any atom is 0.0669 e. The average Bonchev–Trinajstić information content (AvgIpc) is 2.86. The van der Waals surface area contributed by atoms with E-state index < -0.39 is 0 Å². The van der Waals surface area contributed by atoms with Crippen molar-refractivity contribution in [1.29, 1.82) is 5.26 Å². The van der Waals surface area contributed by atoms with Crippen molar-refractivity contribution in [3.8, 4) is 6.07 Å². The van der Waals surface area contributed by atoms with E-state index in [9.17, 15) is 0 Å². The fourth-order valence-corrected chi connectivity index (χ4v) is 1.82. The molecule has 92 valence electrons. The zero-order valence-electron chi connectivity index (χ0n) is 10.4. The van der Waals surface area contributed by atoms with Gasteiger partial charge in [0.05, 0.1) is 24.7 Å². The lowest BCUT2D eigenvalue weighted by atomic mass is 10.1. The monoisotopic (exact) mass is 240 g/mol. The predicted molar refractivity (Wildman–Crippen MR) is 71.0 cm³/mol. The highest BCUT2D eigenvalue weighted by Crippen LogP contribution is 2.11. The van der Waals surface area contributed by atoms with Crippen molar-refractivity contribution in [3.63, 3.8) is 0 Å². The van der Waals surface area contributed by atoms with Crippen LogP contribution in [0, 0.1) is 11.3 Å². The first kappa shape index (κ1) is 12.2. The Balaban J connectivity index is 1.96. The normalized spacial score (nSPS) is 10.0. The third-order valence-electron chi connectivity index (χ3n) is 2.81. The third-order valence-corrected chi connectivity index (χ3v) is 2.81. The zero-order valence-corrected chi connectivity index (χ0v) is 10.4. The lowest BCUT2D eigenvalue weighted by molar-refractivity contribution is 0.627. The Morgan fingerprint density at radius 3 is 2.72 bits per heavy atom. The number of nitrogens with zero attached hydrogens (tertiary/aromatic N) is 3. The van der Waals surface area contributed by atoms with Crippen molar-refractivity contribution < 1.29 is 0 Å². The molecular weight excluding hydrogens is 224 g/mol. The summed E-state index contributed by atoms with van der Waals surface area (Å²) in [6, 6.07) is 12.1. The molecule has 0 aliphatic carbocycles. The number of hydrogen-bond acceptors (Lipinski definition) is 3. The van der Waals surface area contributed by atoms with E-state index in [1.165, 1.54) is 5.69 Å². The van der Waals surface area contributed by atoms with Gasteiger partial charge in [-0.2, -0.15) is 10.4 Å². The largest absolute Gasteiger partial charge is 0.379 e. The molecule has 1 aromatic carbocycles. The molecule has 0 aliphatic heterocycles. The van der Waals surface area contributed by atoms with Gasteiger partial charge >= 0.3 is 0 Å². The quantitative estimate of drug-likeness (QED) is 0.874. The lowest BCUT2D eigenvalue weighted by Gasteiger charge is -2.08. The van der Waals surface area contributed by atoms with E-state index in [0.29, 0.717) is 6.42 Å². The van der Waals surface area contributed by atoms with Crippen molar-refractivity contribution in [1.82, 2.24) is 9.78 Å². The molecule has 0 atom stereocenters. The molecule has 0 radical (unpaired) electrons. The van der Waals surface area contributed by atoms with Crippen LogP contribution >= 0.6 is 0 Å². The van der Waals surface area contributed by atoms with Gasteiger partial charge in [-0.3, -0.25) is 4.68 Å². The fraction of sp³-hybridized carbons (Fsp3) is 0.286. The summed E-state index contributed by atoms with van der Waals surface area (Å²) >= 11 is 0. The van der Waals surface area contributed by atoms with Crippen LogP contribution < -0.4 is 5.32 Å². The van der Waals surface area contributed by atoms with E-state index in [-0.39, 0.29) is 0 Å². The minimum Gasteiger partial charge on any atom is -0.379 e. The molecule has 0 spiro atoms. The Labute approximate surface area is 107 Å². The van der Waals surface area contributed by atoms with Crippen molar-refractivity contribution in [2.24, 2.45) is 0 Å². The van der Waals surface area contributed by atoms with Gasteiger partial charge in [-0.15, -0.1) is 0 Å². The Morgan fingerprint density at radius 2 is 2.06 bits per heavy atom.